The molecule has 0 saturated carbocycles. The number of hydrogen-bond acceptors (Lipinski definition) is 2. The molecule has 9 rings (SSSR count). The van der Waals surface area contributed by atoms with E-state index in [0.717, 1.165) is 25.7 Å². The standard InChI is InChI=1S/C33H22N2/c1-3-7-25-19(5-1)11-21-13-27-22(14-26(21)25)15-29-28(27)16-23-12-20-6-2-4-8-31(20)35-32-9-10-34-18-24(32)17-30(29)33(23)35/h1-10,13-14,16,18H,11-12,15,17H2. The molecule has 5 aromatic rings. The van der Waals surface area contributed by atoms with E-state index in [1.165, 1.54) is 83.8 Å². The maximum absolute atomic E-state index is 4.51. The van der Waals surface area contributed by atoms with Crippen molar-refractivity contribution < 1.29 is 0 Å². The minimum absolute atomic E-state index is 0.962. The van der Waals surface area contributed by atoms with Crippen LogP contribution in [0.25, 0.3) is 22.3 Å². The Hall–Kier alpha value is -4.17. The van der Waals surface area contributed by atoms with Crippen molar-refractivity contribution in [2.24, 2.45) is 0 Å². The molecule has 0 amide bonds. The van der Waals surface area contributed by atoms with Crippen molar-refractivity contribution in [3.05, 3.63) is 130 Å². The van der Waals surface area contributed by atoms with Crippen LogP contribution in [0.5, 0.6) is 0 Å². The smallest absolute Gasteiger partial charge is 0.0535 e. The van der Waals surface area contributed by atoms with Crippen LogP contribution in [-0.2, 0) is 25.7 Å². The molecule has 0 fully saturated rings. The number of para-hydroxylation sites is 1. The fourth-order valence-corrected chi connectivity index (χ4v) is 7.11. The van der Waals surface area contributed by atoms with Gasteiger partial charge >= 0.3 is 0 Å². The zero-order chi connectivity index (χ0) is 22.7. The van der Waals surface area contributed by atoms with Crippen LogP contribution in [0.2, 0.25) is 0 Å². The predicted molar refractivity (Wildman–Crippen MR) is 141 cm³/mol. The molecular weight excluding hydrogens is 424 g/mol. The number of nitrogens with zero attached hydrogens (tertiary/aromatic N) is 2. The summed E-state index contributed by atoms with van der Waals surface area (Å²) in [7, 11) is 0. The molecule has 0 saturated heterocycles. The van der Waals surface area contributed by atoms with Crippen molar-refractivity contribution in [2.75, 3.05) is 4.90 Å². The van der Waals surface area contributed by atoms with Crippen molar-refractivity contribution in [3.63, 3.8) is 0 Å². The maximum atomic E-state index is 4.51. The first-order chi connectivity index (χ1) is 17.3. The zero-order valence-electron chi connectivity index (χ0n) is 19.3. The fourth-order valence-electron chi connectivity index (χ4n) is 7.11. The molecule has 2 heteroatoms. The van der Waals surface area contributed by atoms with Crippen molar-refractivity contribution >= 4 is 17.1 Å². The van der Waals surface area contributed by atoms with Crippen molar-refractivity contribution in [1.29, 1.82) is 0 Å². The summed E-state index contributed by atoms with van der Waals surface area (Å²) in [4.78, 5) is 7.02. The minimum Gasteiger partial charge on any atom is -0.309 e. The van der Waals surface area contributed by atoms with Crippen LogP contribution in [0, 0.1) is 0 Å². The van der Waals surface area contributed by atoms with E-state index >= 15 is 0 Å². The van der Waals surface area contributed by atoms with E-state index in [2.05, 4.69) is 88.9 Å². The van der Waals surface area contributed by atoms with Gasteiger partial charge in [-0.15, -0.1) is 0 Å². The number of rotatable bonds is 0. The Morgan fingerprint density at radius 2 is 1.20 bits per heavy atom. The highest BCUT2D eigenvalue weighted by Crippen LogP contribution is 2.55. The van der Waals surface area contributed by atoms with Gasteiger partial charge in [-0.1, -0.05) is 42.5 Å². The highest BCUT2D eigenvalue weighted by atomic mass is 15.2. The highest BCUT2D eigenvalue weighted by Gasteiger charge is 2.36. The largest absolute Gasteiger partial charge is 0.309 e. The number of benzene rings is 4. The Morgan fingerprint density at radius 3 is 2.14 bits per heavy atom. The molecular formula is C33H22N2. The molecule has 2 aliphatic heterocycles. The Kier molecular flexibility index (Phi) is 3.27. The topological polar surface area (TPSA) is 16.1 Å². The first kappa shape index (κ1) is 18.2. The molecule has 4 aromatic carbocycles. The molecule has 0 bridgehead atoms. The molecule has 0 spiro atoms. The van der Waals surface area contributed by atoms with Crippen LogP contribution in [-0.4, -0.2) is 4.98 Å². The molecule has 1 aromatic heterocycles. The van der Waals surface area contributed by atoms with Crippen LogP contribution in [0.1, 0.15) is 44.5 Å². The van der Waals surface area contributed by atoms with Gasteiger partial charge in [0.05, 0.1) is 11.4 Å². The predicted octanol–water partition coefficient (Wildman–Crippen LogP) is 7.50. The third-order valence-electron chi connectivity index (χ3n) is 8.60. The molecule has 0 unspecified atom stereocenters. The number of anilines is 3. The Morgan fingerprint density at radius 1 is 0.514 bits per heavy atom. The van der Waals surface area contributed by atoms with Gasteiger partial charge in [-0.2, -0.15) is 0 Å². The second-order valence-electron chi connectivity index (χ2n) is 10.4. The number of aromatic nitrogens is 1. The summed E-state index contributed by atoms with van der Waals surface area (Å²) in [6.45, 7) is 0. The molecule has 0 atom stereocenters. The highest BCUT2D eigenvalue weighted by molar-refractivity contribution is 5.94. The van der Waals surface area contributed by atoms with Gasteiger partial charge in [-0.3, -0.25) is 4.98 Å². The summed E-state index contributed by atoms with van der Waals surface area (Å²) in [5.41, 5.74) is 21.4. The van der Waals surface area contributed by atoms with Gasteiger partial charge in [-0.05, 0) is 110 Å². The average molecular weight is 447 g/mol. The molecule has 4 aliphatic rings. The maximum Gasteiger partial charge on any atom is 0.0535 e. The molecule has 0 radical (unpaired) electrons. The van der Waals surface area contributed by atoms with E-state index < -0.39 is 0 Å². The molecule has 35 heavy (non-hydrogen) atoms. The average Bonchev–Trinajstić information content (AvgIpc) is 3.44. The SMILES string of the molecule is c1ccc2c(c1)Cc1cc3c(cc1-2)Cc1c-3cc2c3c1Cc1cnccc1N3c1ccccc1C2. The Bertz CT molecular complexity index is 1750. The normalized spacial score (nSPS) is 14.9. The second kappa shape index (κ2) is 6.28. The lowest BCUT2D eigenvalue weighted by atomic mass is 9.83. The lowest BCUT2D eigenvalue weighted by Crippen LogP contribution is -2.25. The van der Waals surface area contributed by atoms with Crippen LogP contribution >= 0.6 is 0 Å². The van der Waals surface area contributed by atoms with Gasteiger partial charge in [-0.25, -0.2) is 0 Å². The number of fused-ring (bicyclic) bond motifs is 11. The van der Waals surface area contributed by atoms with E-state index in [9.17, 15) is 0 Å². The van der Waals surface area contributed by atoms with Crippen molar-refractivity contribution in [2.45, 2.75) is 25.7 Å². The quantitative estimate of drug-likeness (QED) is 0.240. The summed E-state index contributed by atoms with van der Waals surface area (Å²) >= 11 is 0. The zero-order valence-corrected chi connectivity index (χ0v) is 19.3. The van der Waals surface area contributed by atoms with Crippen molar-refractivity contribution in [1.82, 2.24) is 4.98 Å². The number of pyridine rings is 1. The van der Waals surface area contributed by atoms with Gasteiger partial charge in [0.25, 0.3) is 0 Å². The van der Waals surface area contributed by atoms with Crippen LogP contribution in [0.4, 0.5) is 17.1 Å². The van der Waals surface area contributed by atoms with E-state index in [0.29, 0.717) is 0 Å². The second-order valence-corrected chi connectivity index (χ2v) is 10.4. The lowest BCUT2D eigenvalue weighted by Gasteiger charge is -2.40. The fraction of sp³-hybridized carbons (Fsp3) is 0.121. The molecule has 2 nitrogen and oxygen atoms in total. The summed E-state index contributed by atoms with van der Waals surface area (Å²) in [5, 5.41) is 0. The monoisotopic (exact) mass is 446 g/mol. The third kappa shape index (κ3) is 2.27. The van der Waals surface area contributed by atoms with Crippen molar-refractivity contribution in [3.8, 4) is 22.3 Å². The lowest BCUT2D eigenvalue weighted by molar-refractivity contribution is 0.984. The number of hydrogen-bond donors (Lipinski definition) is 0. The van der Waals surface area contributed by atoms with Gasteiger partial charge in [0.1, 0.15) is 0 Å². The van der Waals surface area contributed by atoms with Gasteiger partial charge in [0.2, 0.25) is 0 Å². The van der Waals surface area contributed by atoms with E-state index in [1.54, 1.807) is 0 Å². The minimum atomic E-state index is 0.962. The summed E-state index contributed by atoms with van der Waals surface area (Å²) in [6.07, 6.45) is 8.03. The molecule has 164 valence electrons. The van der Waals surface area contributed by atoms with E-state index in [1.807, 2.05) is 6.20 Å². The van der Waals surface area contributed by atoms with Crippen LogP contribution in [0.15, 0.2) is 85.2 Å². The summed E-state index contributed by atoms with van der Waals surface area (Å²) < 4.78 is 0. The summed E-state index contributed by atoms with van der Waals surface area (Å²) in [6, 6.07) is 27.5. The first-order valence-corrected chi connectivity index (χ1v) is 12.6. The Labute approximate surface area is 204 Å². The van der Waals surface area contributed by atoms with Crippen LogP contribution in [0.3, 0.4) is 0 Å². The first-order valence-electron chi connectivity index (χ1n) is 12.6. The van der Waals surface area contributed by atoms with Gasteiger partial charge in [0.15, 0.2) is 0 Å². The van der Waals surface area contributed by atoms with E-state index in [-0.39, 0.29) is 0 Å². The Balaban J connectivity index is 1.29. The van der Waals surface area contributed by atoms with Gasteiger partial charge < -0.3 is 4.90 Å². The molecule has 0 N–H and O–H groups in total. The molecule has 2 aliphatic carbocycles. The molecule has 3 heterocycles. The summed E-state index contributed by atoms with van der Waals surface area (Å²) in [5.74, 6) is 0. The van der Waals surface area contributed by atoms with Gasteiger partial charge in [0, 0.05) is 30.9 Å². The van der Waals surface area contributed by atoms with E-state index in [4.69, 9.17) is 0 Å². The third-order valence-corrected chi connectivity index (χ3v) is 8.60. The van der Waals surface area contributed by atoms with Crippen LogP contribution < -0.4 is 4.90 Å².